The molecule has 0 unspecified atom stereocenters. The van der Waals surface area contributed by atoms with E-state index in [4.69, 9.17) is 11.6 Å². The Kier molecular flexibility index (Phi) is 4.10. The molecule has 3 aromatic rings. The van der Waals surface area contributed by atoms with E-state index in [2.05, 4.69) is 11.7 Å². The van der Waals surface area contributed by atoms with Gasteiger partial charge in [-0.15, -0.1) is 0 Å². The number of aromatic amines is 1. The monoisotopic (exact) mass is 340 g/mol. The van der Waals surface area contributed by atoms with E-state index >= 15 is 0 Å². The fourth-order valence-electron chi connectivity index (χ4n) is 2.27. The Balaban J connectivity index is 2.12. The van der Waals surface area contributed by atoms with Gasteiger partial charge in [0.1, 0.15) is 5.75 Å². The number of halogens is 1. The molecule has 6 heteroatoms. The van der Waals surface area contributed by atoms with Crippen molar-refractivity contribution in [1.82, 2.24) is 9.78 Å². The van der Waals surface area contributed by atoms with Crippen LogP contribution in [0.5, 0.6) is 5.75 Å². The Morgan fingerprint density at radius 2 is 1.83 bits per heavy atom. The van der Waals surface area contributed by atoms with Crippen molar-refractivity contribution >= 4 is 30.2 Å². The lowest BCUT2D eigenvalue weighted by Gasteiger charge is -2.00. The van der Waals surface area contributed by atoms with Gasteiger partial charge in [-0.3, -0.25) is 14.7 Å². The van der Waals surface area contributed by atoms with E-state index in [-0.39, 0.29) is 16.3 Å². The Morgan fingerprint density at radius 1 is 1.17 bits per heavy atom. The van der Waals surface area contributed by atoms with Crippen molar-refractivity contribution in [3.05, 3.63) is 85.6 Å². The molecule has 120 valence electrons. The number of para-hydroxylation sites is 1. The van der Waals surface area contributed by atoms with Crippen LogP contribution in [0.25, 0.3) is 12.7 Å². The van der Waals surface area contributed by atoms with Crippen LogP contribution in [-0.2, 0) is 0 Å². The van der Waals surface area contributed by atoms with E-state index in [9.17, 15) is 14.7 Å². The van der Waals surface area contributed by atoms with Gasteiger partial charge in [0.15, 0.2) is 0 Å². The topological polar surface area (TPSA) is 75.1 Å². The number of benzene rings is 2. The minimum Gasteiger partial charge on any atom is -0.507 e. The van der Waals surface area contributed by atoms with Crippen LogP contribution >= 0.6 is 11.6 Å². The Morgan fingerprint density at radius 3 is 2.50 bits per heavy atom. The summed E-state index contributed by atoms with van der Waals surface area (Å²) < 4.78 is 0.886. The number of carbonyl (C=O) groups is 1. The first kappa shape index (κ1) is 15.8. The van der Waals surface area contributed by atoms with Crippen LogP contribution in [0, 0.1) is 0 Å². The van der Waals surface area contributed by atoms with Gasteiger partial charge < -0.3 is 5.11 Å². The van der Waals surface area contributed by atoms with E-state index < -0.39 is 11.5 Å². The van der Waals surface area contributed by atoms with Gasteiger partial charge in [-0.2, -0.15) is 4.68 Å². The number of nitrogens with zero attached hydrogens (tertiary/aromatic N) is 1. The number of phenolic OH excluding ortho intramolecular Hbond substituents is 1. The number of hydrogen-bond acceptors (Lipinski definition) is 3. The van der Waals surface area contributed by atoms with Gasteiger partial charge >= 0.3 is 0 Å². The Labute approximate surface area is 141 Å². The van der Waals surface area contributed by atoms with Crippen LogP contribution in [0.2, 0.25) is 5.02 Å². The van der Waals surface area contributed by atoms with Crippen LogP contribution in [0.15, 0.2) is 53.3 Å². The molecule has 0 radical (unpaired) electrons. The molecule has 0 aliphatic rings. The molecule has 0 spiro atoms. The molecular formula is C18H13ClN2O3. The summed E-state index contributed by atoms with van der Waals surface area (Å²) in [5.41, 5.74) is 0.240. The van der Waals surface area contributed by atoms with Gasteiger partial charge in [-0.1, -0.05) is 36.4 Å². The molecule has 2 N–H and O–H groups in total. The van der Waals surface area contributed by atoms with Crippen molar-refractivity contribution in [3.8, 4) is 5.75 Å². The third-order valence-electron chi connectivity index (χ3n) is 3.54. The number of H-pyrrole nitrogens is 1. The third kappa shape index (κ3) is 2.89. The van der Waals surface area contributed by atoms with Gasteiger partial charge in [-0.25, -0.2) is 0 Å². The van der Waals surface area contributed by atoms with Crippen LogP contribution in [0.4, 0.5) is 0 Å². The number of nitrogens with one attached hydrogen (secondary N) is 1. The fourth-order valence-corrected chi connectivity index (χ4v) is 2.40. The second-order valence-corrected chi connectivity index (χ2v) is 5.60. The van der Waals surface area contributed by atoms with E-state index in [1.807, 2.05) is 0 Å². The predicted octanol–water partition coefficient (Wildman–Crippen LogP) is 1.46. The summed E-state index contributed by atoms with van der Waals surface area (Å²) in [5, 5.41) is 13.5. The Bertz CT molecular complexity index is 1080. The summed E-state index contributed by atoms with van der Waals surface area (Å²) in [6, 6.07) is 12.8. The molecule has 24 heavy (non-hydrogen) atoms. The quantitative estimate of drug-likeness (QED) is 0.741. The van der Waals surface area contributed by atoms with E-state index in [1.165, 1.54) is 24.3 Å². The lowest BCUT2D eigenvalue weighted by molar-refractivity contribution is 0.0941. The zero-order chi connectivity index (χ0) is 17.3. The maximum atomic E-state index is 12.5. The Hall–Kier alpha value is -3.05. The summed E-state index contributed by atoms with van der Waals surface area (Å²) >= 11 is 5.80. The van der Waals surface area contributed by atoms with Crippen LogP contribution < -0.4 is 16.1 Å². The molecule has 0 bridgehead atoms. The second-order valence-electron chi connectivity index (χ2n) is 5.16. The molecule has 0 saturated heterocycles. The summed E-state index contributed by atoms with van der Waals surface area (Å²) in [6.07, 6.45) is 1.49. The molecule has 5 nitrogen and oxygen atoms in total. The zero-order valence-electron chi connectivity index (χ0n) is 12.5. The minimum absolute atomic E-state index is 0.0353. The number of hydrogen-bond donors (Lipinski definition) is 2. The number of aromatic hydroxyl groups is 1. The van der Waals surface area contributed by atoms with E-state index in [0.29, 0.717) is 16.1 Å². The molecule has 0 amide bonds. The third-order valence-corrected chi connectivity index (χ3v) is 3.79. The molecule has 0 aliphatic heterocycles. The summed E-state index contributed by atoms with van der Waals surface area (Å²) in [4.78, 5) is 25.0. The molecule has 0 fully saturated rings. The highest BCUT2D eigenvalue weighted by Crippen LogP contribution is 2.15. The lowest BCUT2D eigenvalue weighted by Crippen LogP contribution is -2.36. The highest BCUT2D eigenvalue weighted by molar-refractivity contribution is 6.30. The SMILES string of the molecule is C=c1[nH]n(C(=O)c2ccc(Cl)cc2)c(=O)/c1=C/c1ccccc1O. The smallest absolute Gasteiger partial charge is 0.281 e. The van der Waals surface area contributed by atoms with Gasteiger partial charge in [0.2, 0.25) is 0 Å². The summed E-state index contributed by atoms with van der Waals surface area (Å²) in [5.74, 6) is -0.480. The van der Waals surface area contributed by atoms with E-state index in [0.717, 1.165) is 4.68 Å². The zero-order valence-corrected chi connectivity index (χ0v) is 13.2. The maximum Gasteiger partial charge on any atom is 0.281 e. The van der Waals surface area contributed by atoms with Gasteiger partial charge in [0.25, 0.3) is 11.5 Å². The molecule has 0 saturated carbocycles. The summed E-state index contributed by atoms with van der Waals surface area (Å²) in [6.45, 7) is 3.76. The fraction of sp³-hybridized carbons (Fsp3) is 0. The average Bonchev–Trinajstić information content (AvgIpc) is 2.85. The highest BCUT2D eigenvalue weighted by atomic mass is 35.5. The summed E-state index contributed by atoms with van der Waals surface area (Å²) in [7, 11) is 0. The largest absolute Gasteiger partial charge is 0.507 e. The average molecular weight is 341 g/mol. The second kappa shape index (κ2) is 6.22. The number of carbonyl (C=O) groups excluding carboxylic acids is 1. The molecule has 1 aromatic heterocycles. The first-order valence-corrected chi connectivity index (χ1v) is 7.45. The van der Waals surface area contributed by atoms with Crippen molar-refractivity contribution in [1.29, 1.82) is 0 Å². The number of phenols is 1. The van der Waals surface area contributed by atoms with Gasteiger partial charge in [0.05, 0.1) is 10.6 Å². The maximum absolute atomic E-state index is 12.5. The van der Waals surface area contributed by atoms with Crippen LogP contribution in [-0.4, -0.2) is 20.8 Å². The lowest BCUT2D eigenvalue weighted by atomic mass is 10.1. The number of aromatic nitrogens is 2. The minimum atomic E-state index is -0.539. The highest BCUT2D eigenvalue weighted by Gasteiger charge is 2.13. The van der Waals surface area contributed by atoms with Crippen LogP contribution in [0.1, 0.15) is 15.9 Å². The van der Waals surface area contributed by atoms with Crippen LogP contribution in [0.3, 0.4) is 0 Å². The van der Waals surface area contributed by atoms with Crippen molar-refractivity contribution < 1.29 is 9.90 Å². The molecule has 2 aromatic carbocycles. The van der Waals surface area contributed by atoms with Crippen molar-refractivity contribution in [2.45, 2.75) is 0 Å². The van der Waals surface area contributed by atoms with Crippen molar-refractivity contribution in [3.63, 3.8) is 0 Å². The number of rotatable bonds is 2. The molecule has 3 rings (SSSR count). The molecule has 0 aliphatic carbocycles. The molecular weight excluding hydrogens is 328 g/mol. The first-order chi connectivity index (χ1) is 11.5. The van der Waals surface area contributed by atoms with Crippen molar-refractivity contribution in [2.75, 3.05) is 0 Å². The molecule has 0 atom stereocenters. The van der Waals surface area contributed by atoms with E-state index in [1.54, 1.807) is 30.3 Å². The molecule has 1 heterocycles. The normalized spacial score (nSPS) is 11.6. The van der Waals surface area contributed by atoms with Gasteiger partial charge in [-0.05, 0) is 36.4 Å². The van der Waals surface area contributed by atoms with Crippen molar-refractivity contribution in [2.24, 2.45) is 0 Å². The predicted molar refractivity (Wildman–Crippen MR) is 92.7 cm³/mol. The standard InChI is InChI=1S/C18H13ClN2O3/c1-11-15(10-13-4-2-3-5-16(13)22)18(24)21(20-11)17(23)12-6-8-14(19)9-7-12/h2-10,20,22H,1H2/b15-10+. The first-order valence-electron chi connectivity index (χ1n) is 7.07. The van der Waals surface area contributed by atoms with Gasteiger partial charge in [0, 0.05) is 16.1 Å².